The molecule has 0 radical (unpaired) electrons. The van der Waals surface area contributed by atoms with Gasteiger partial charge in [-0.05, 0) is 38.8 Å². The van der Waals surface area contributed by atoms with Gasteiger partial charge in [-0.15, -0.1) is 0 Å². The second kappa shape index (κ2) is 8.39. The van der Waals surface area contributed by atoms with E-state index in [4.69, 9.17) is 17.0 Å². The van der Waals surface area contributed by atoms with Gasteiger partial charge < -0.3 is 15.0 Å². The van der Waals surface area contributed by atoms with Crippen LogP contribution in [-0.4, -0.2) is 40.1 Å². The van der Waals surface area contributed by atoms with Crippen molar-refractivity contribution in [3.63, 3.8) is 0 Å². The highest BCUT2D eigenvalue weighted by Gasteiger charge is 2.22. The van der Waals surface area contributed by atoms with Crippen LogP contribution >= 0.6 is 24.0 Å². The summed E-state index contributed by atoms with van der Waals surface area (Å²) in [5, 5.41) is 2.69. The topological polar surface area (TPSA) is 41.6 Å². The zero-order chi connectivity index (χ0) is 15.9. The Morgan fingerprint density at radius 1 is 1.41 bits per heavy atom. The van der Waals surface area contributed by atoms with Gasteiger partial charge in [0.25, 0.3) is 0 Å². The minimum Gasteiger partial charge on any atom is -0.492 e. The standard InChI is InChI=1S/C16H22N2O2S2/c1-3-20-14-9-5-4-8-13(14)17-15(19)12(2)22-16(21)18-10-6-7-11-18/h4-5,8-9,12H,3,6-7,10-11H2,1-2H3,(H,17,19)/t12-/m0/s1. The Hall–Kier alpha value is -1.27. The molecule has 1 aliphatic heterocycles. The molecule has 1 atom stereocenters. The van der Waals surface area contributed by atoms with Gasteiger partial charge in [-0.1, -0.05) is 36.1 Å². The summed E-state index contributed by atoms with van der Waals surface area (Å²) >= 11 is 6.87. The van der Waals surface area contributed by atoms with Crippen molar-refractivity contribution in [2.75, 3.05) is 25.0 Å². The summed E-state index contributed by atoms with van der Waals surface area (Å²) in [7, 11) is 0. The summed E-state index contributed by atoms with van der Waals surface area (Å²) in [6.45, 7) is 6.38. The van der Waals surface area contributed by atoms with Crippen LogP contribution in [-0.2, 0) is 4.79 Å². The summed E-state index contributed by atoms with van der Waals surface area (Å²) in [5.74, 6) is 0.636. The van der Waals surface area contributed by atoms with Crippen LogP contribution in [0.4, 0.5) is 5.69 Å². The third-order valence-electron chi connectivity index (χ3n) is 3.46. The number of ether oxygens (including phenoxy) is 1. The van der Waals surface area contributed by atoms with E-state index in [2.05, 4.69) is 10.2 Å². The number of carbonyl (C=O) groups is 1. The summed E-state index contributed by atoms with van der Waals surface area (Å²) in [5.41, 5.74) is 0.703. The number of hydrogen-bond acceptors (Lipinski definition) is 4. The second-order valence-corrected chi connectivity index (χ2v) is 7.11. The molecule has 1 aromatic carbocycles. The molecule has 6 heteroatoms. The minimum atomic E-state index is -0.234. The minimum absolute atomic E-state index is 0.0568. The number of hydrogen-bond donors (Lipinski definition) is 1. The van der Waals surface area contributed by atoms with E-state index in [1.807, 2.05) is 38.1 Å². The average molecular weight is 338 g/mol. The van der Waals surface area contributed by atoms with Crippen LogP contribution in [0.2, 0.25) is 0 Å². The number of benzene rings is 1. The first kappa shape index (κ1) is 17.1. The summed E-state index contributed by atoms with van der Waals surface area (Å²) in [6, 6.07) is 7.47. The van der Waals surface area contributed by atoms with Gasteiger partial charge in [0.05, 0.1) is 17.5 Å². The number of nitrogens with one attached hydrogen (secondary N) is 1. The lowest BCUT2D eigenvalue weighted by molar-refractivity contribution is -0.115. The highest BCUT2D eigenvalue weighted by molar-refractivity contribution is 8.23. The lowest BCUT2D eigenvalue weighted by atomic mass is 10.3. The zero-order valence-electron chi connectivity index (χ0n) is 13.0. The Labute approximate surface area is 141 Å². The molecule has 0 aromatic heterocycles. The normalized spacial score (nSPS) is 15.5. The van der Waals surface area contributed by atoms with Crippen LogP contribution in [0.25, 0.3) is 0 Å². The molecule has 1 aliphatic rings. The molecule has 1 fully saturated rings. The molecule has 0 spiro atoms. The number of carbonyl (C=O) groups excluding carboxylic acids is 1. The van der Waals surface area contributed by atoms with Gasteiger partial charge >= 0.3 is 0 Å². The predicted octanol–water partition coefficient (Wildman–Crippen LogP) is 3.53. The fourth-order valence-electron chi connectivity index (χ4n) is 2.26. The number of amides is 1. The number of anilines is 1. The first-order chi connectivity index (χ1) is 10.6. The molecule has 0 bridgehead atoms. The van der Waals surface area contributed by atoms with Gasteiger partial charge in [-0.2, -0.15) is 0 Å². The molecule has 0 aliphatic carbocycles. The van der Waals surface area contributed by atoms with Crippen molar-refractivity contribution in [3.05, 3.63) is 24.3 Å². The summed E-state index contributed by atoms with van der Waals surface area (Å²) < 4.78 is 6.34. The molecular formula is C16H22N2O2S2. The number of para-hydroxylation sites is 2. The molecule has 120 valence electrons. The number of nitrogens with zero attached hydrogens (tertiary/aromatic N) is 1. The maximum atomic E-state index is 12.4. The first-order valence-electron chi connectivity index (χ1n) is 7.60. The lowest BCUT2D eigenvalue weighted by Crippen LogP contribution is -2.29. The Kier molecular flexibility index (Phi) is 6.51. The van der Waals surface area contributed by atoms with Crippen LogP contribution in [0.15, 0.2) is 24.3 Å². The smallest absolute Gasteiger partial charge is 0.237 e. The van der Waals surface area contributed by atoms with Gasteiger partial charge in [0, 0.05) is 13.1 Å². The van der Waals surface area contributed by atoms with Crippen LogP contribution < -0.4 is 10.1 Å². The van der Waals surface area contributed by atoms with Crippen LogP contribution in [0.3, 0.4) is 0 Å². The van der Waals surface area contributed by atoms with Crippen LogP contribution in [0.5, 0.6) is 5.75 Å². The Morgan fingerprint density at radius 2 is 2.09 bits per heavy atom. The largest absolute Gasteiger partial charge is 0.492 e. The van der Waals surface area contributed by atoms with Gasteiger partial charge in [0.2, 0.25) is 5.91 Å². The molecule has 2 rings (SSSR count). The molecule has 4 nitrogen and oxygen atoms in total. The van der Waals surface area contributed by atoms with Gasteiger partial charge in [-0.3, -0.25) is 4.79 Å². The fraction of sp³-hybridized carbons (Fsp3) is 0.500. The third-order valence-corrected chi connectivity index (χ3v) is 5.03. The Balaban J connectivity index is 1.92. The van der Waals surface area contributed by atoms with E-state index in [-0.39, 0.29) is 11.2 Å². The monoisotopic (exact) mass is 338 g/mol. The zero-order valence-corrected chi connectivity index (χ0v) is 14.6. The average Bonchev–Trinajstić information content (AvgIpc) is 3.03. The van der Waals surface area contributed by atoms with E-state index in [1.54, 1.807) is 0 Å². The molecule has 1 aromatic rings. The van der Waals surface area contributed by atoms with E-state index in [1.165, 1.54) is 24.6 Å². The van der Waals surface area contributed by atoms with E-state index >= 15 is 0 Å². The van der Waals surface area contributed by atoms with Gasteiger partial charge in [0.15, 0.2) is 0 Å². The molecule has 1 N–H and O–H groups in total. The van der Waals surface area contributed by atoms with Crippen LogP contribution in [0, 0.1) is 0 Å². The number of thioether (sulfide) groups is 1. The van der Waals surface area contributed by atoms with Crippen molar-refractivity contribution in [3.8, 4) is 5.75 Å². The highest BCUT2D eigenvalue weighted by Crippen LogP contribution is 2.26. The fourth-order valence-corrected chi connectivity index (χ4v) is 3.68. The van der Waals surface area contributed by atoms with Crippen molar-refractivity contribution < 1.29 is 9.53 Å². The molecule has 1 saturated heterocycles. The van der Waals surface area contributed by atoms with E-state index in [0.29, 0.717) is 18.0 Å². The SMILES string of the molecule is CCOc1ccccc1NC(=O)[C@H](C)SC(=S)N1CCCC1. The first-order valence-corrected chi connectivity index (χ1v) is 8.89. The molecular weight excluding hydrogens is 316 g/mol. The molecule has 1 amide bonds. The molecule has 1 heterocycles. The predicted molar refractivity (Wildman–Crippen MR) is 96.7 cm³/mol. The third kappa shape index (κ3) is 4.61. The van der Waals surface area contributed by atoms with E-state index in [0.717, 1.165) is 17.4 Å². The summed E-state index contributed by atoms with van der Waals surface area (Å²) in [4.78, 5) is 14.5. The number of likely N-dealkylation sites (tertiary alicyclic amines) is 1. The molecule has 0 unspecified atom stereocenters. The Bertz CT molecular complexity index is 531. The number of rotatable bonds is 5. The van der Waals surface area contributed by atoms with Crippen molar-refractivity contribution in [1.82, 2.24) is 4.90 Å². The lowest BCUT2D eigenvalue weighted by Gasteiger charge is -2.20. The molecule has 22 heavy (non-hydrogen) atoms. The second-order valence-electron chi connectivity index (χ2n) is 5.14. The van der Waals surface area contributed by atoms with Crippen molar-refractivity contribution in [1.29, 1.82) is 0 Å². The maximum absolute atomic E-state index is 12.4. The van der Waals surface area contributed by atoms with Crippen molar-refractivity contribution >= 4 is 39.9 Å². The van der Waals surface area contributed by atoms with E-state index in [9.17, 15) is 4.79 Å². The Morgan fingerprint density at radius 3 is 2.77 bits per heavy atom. The van der Waals surface area contributed by atoms with E-state index < -0.39 is 0 Å². The van der Waals surface area contributed by atoms with Gasteiger partial charge in [0.1, 0.15) is 10.1 Å². The summed E-state index contributed by atoms with van der Waals surface area (Å²) in [6.07, 6.45) is 2.37. The quantitative estimate of drug-likeness (QED) is 0.832. The molecule has 0 saturated carbocycles. The maximum Gasteiger partial charge on any atom is 0.237 e. The van der Waals surface area contributed by atoms with Crippen LogP contribution in [0.1, 0.15) is 26.7 Å². The van der Waals surface area contributed by atoms with Gasteiger partial charge in [-0.25, -0.2) is 0 Å². The van der Waals surface area contributed by atoms with Crippen molar-refractivity contribution in [2.24, 2.45) is 0 Å². The van der Waals surface area contributed by atoms with Crippen molar-refractivity contribution in [2.45, 2.75) is 31.9 Å². The number of thiocarbonyl (C=S) groups is 1. The highest BCUT2D eigenvalue weighted by atomic mass is 32.2.